The Morgan fingerprint density at radius 2 is 2.15 bits per heavy atom. The van der Waals surface area contributed by atoms with Crippen LogP contribution in [0.15, 0.2) is 24.4 Å². The second kappa shape index (κ2) is 6.17. The van der Waals surface area contributed by atoms with Gasteiger partial charge >= 0.3 is 5.97 Å². The molecule has 0 amide bonds. The van der Waals surface area contributed by atoms with E-state index in [9.17, 15) is 20.2 Å². The maximum Gasteiger partial charge on any atom is 0.357 e. The molecule has 0 saturated heterocycles. The zero-order chi connectivity index (χ0) is 19.9. The van der Waals surface area contributed by atoms with Crippen LogP contribution >= 0.6 is 0 Å². The molecule has 0 saturated carbocycles. The summed E-state index contributed by atoms with van der Waals surface area (Å²) in [5.41, 5.74) is 5.38. The number of nitro benzene ring substituents is 1. The molecule has 0 atom stereocenters. The Bertz CT molecular complexity index is 1040. The minimum absolute atomic E-state index is 0.00958. The Labute approximate surface area is 154 Å². The second-order valence-corrected chi connectivity index (χ2v) is 6.45. The molecule has 138 valence electrons. The lowest BCUT2D eigenvalue weighted by Gasteiger charge is -2.28. The first-order chi connectivity index (χ1) is 12.7. The number of benzene rings is 1. The molecule has 0 bridgehead atoms. The summed E-state index contributed by atoms with van der Waals surface area (Å²) in [6.07, 6.45) is 4.87. The number of rotatable bonds is 3. The molecule has 2 aromatic rings. The van der Waals surface area contributed by atoms with Crippen LogP contribution in [0.4, 0.5) is 11.4 Å². The highest BCUT2D eigenvalue weighted by Crippen LogP contribution is 2.39. The summed E-state index contributed by atoms with van der Waals surface area (Å²) in [4.78, 5) is 23.2. The van der Waals surface area contributed by atoms with Crippen LogP contribution < -0.4 is 10.5 Å². The normalized spacial score (nSPS) is 14.0. The fraction of sp³-hybridized carbons (Fsp3) is 0.222. The third-order valence-electron chi connectivity index (χ3n) is 4.14. The summed E-state index contributed by atoms with van der Waals surface area (Å²) in [6, 6.07) is 4.66. The van der Waals surface area contributed by atoms with Gasteiger partial charge in [0.05, 0.1) is 29.4 Å². The topological polar surface area (TPSA) is 133 Å². The van der Waals surface area contributed by atoms with E-state index < -0.39 is 16.5 Å². The number of methoxy groups -OCH3 is 1. The molecule has 9 nitrogen and oxygen atoms in total. The molecule has 0 aliphatic carbocycles. The van der Waals surface area contributed by atoms with E-state index in [1.165, 1.54) is 22.9 Å². The fourth-order valence-electron chi connectivity index (χ4n) is 2.84. The average Bonchev–Trinajstić information content (AvgIpc) is 2.95. The molecule has 2 N–H and O–H groups in total. The first kappa shape index (κ1) is 18.0. The number of nitriles is 1. The molecule has 0 fully saturated rings. The molecule has 1 aliphatic rings. The SMILES string of the molecule is COC(=O)c1c(N)c(C#N)cn1-c1cc2c(cc1[N+](=O)[O-])OC(C)(C)C=C2. The van der Waals surface area contributed by atoms with Gasteiger partial charge < -0.3 is 19.8 Å². The number of fused-ring (bicyclic) bond motifs is 1. The number of nitrogens with zero attached hydrogens (tertiary/aromatic N) is 3. The number of nitrogens with two attached hydrogens (primary N) is 1. The zero-order valence-corrected chi connectivity index (χ0v) is 14.8. The molecule has 1 aromatic heterocycles. The van der Waals surface area contributed by atoms with Crippen molar-refractivity contribution in [2.75, 3.05) is 12.8 Å². The standard InChI is InChI=1S/C18H16N4O5/c1-18(2)5-4-10-6-12(13(22(24)25)7-14(10)27-18)21-9-11(8-19)15(20)16(21)17(23)26-3/h4-7,9H,20H2,1-3H3. The Morgan fingerprint density at radius 3 is 2.74 bits per heavy atom. The summed E-state index contributed by atoms with van der Waals surface area (Å²) in [5.74, 6) is -0.466. The van der Waals surface area contributed by atoms with Crippen molar-refractivity contribution < 1.29 is 19.2 Å². The molecular formula is C18H16N4O5. The maximum atomic E-state index is 12.2. The van der Waals surface area contributed by atoms with Crippen molar-refractivity contribution in [3.63, 3.8) is 0 Å². The lowest BCUT2D eigenvalue weighted by atomic mass is 10.0. The number of nitro groups is 1. The maximum absolute atomic E-state index is 12.2. The number of ether oxygens (including phenoxy) is 2. The quantitative estimate of drug-likeness (QED) is 0.500. The van der Waals surface area contributed by atoms with Crippen LogP contribution in [0.25, 0.3) is 11.8 Å². The summed E-state index contributed by atoms with van der Waals surface area (Å²) in [6.45, 7) is 3.65. The van der Waals surface area contributed by atoms with Gasteiger partial charge in [0, 0.05) is 11.8 Å². The molecule has 27 heavy (non-hydrogen) atoms. The lowest BCUT2D eigenvalue weighted by molar-refractivity contribution is -0.384. The van der Waals surface area contributed by atoms with E-state index in [0.717, 1.165) is 7.11 Å². The van der Waals surface area contributed by atoms with Gasteiger partial charge in [-0.15, -0.1) is 0 Å². The smallest absolute Gasteiger partial charge is 0.357 e. The van der Waals surface area contributed by atoms with Crippen molar-refractivity contribution in [2.45, 2.75) is 19.4 Å². The number of carbonyl (C=O) groups excluding carboxylic acids is 1. The van der Waals surface area contributed by atoms with Crippen molar-refractivity contribution >= 4 is 23.4 Å². The Balaban J connectivity index is 2.31. The number of hydrogen-bond donors (Lipinski definition) is 1. The van der Waals surface area contributed by atoms with Gasteiger partial charge in [0.25, 0.3) is 5.69 Å². The van der Waals surface area contributed by atoms with Crippen molar-refractivity contribution in [2.24, 2.45) is 0 Å². The third-order valence-corrected chi connectivity index (χ3v) is 4.14. The van der Waals surface area contributed by atoms with E-state index in [1.807, 2.05) is 26.0 Å². The number of hydrogen-bond acceptors (Lipinski definition) is 7. The largest absolute Gasteiger partial charge is 0.483 e. The molecule has 0 radical (unpaired) electrons. The minimum atomic E-state index is -0.811. The predicted molar refractivity (Wildman–Crippen MR) is 96.6 cm³/mol. The van der Waals surface area contributed by atoms with Gasteiger partial charge in [-0.2, -0.15) is 5.26 Å². The van der Waals surface area contributed by atoms with Gasteiger partial charge in [0.1, 0.15) is 23.1 Å². The van der Waals surface area contributed by atoms with Crippen LogP contribution in [0.3, 0.4) is 0 Å². The Hall–Kier alpha value is -3.80. The van der Waals surface area contributed by atoms with E-state index >= 15 is 0 Å². The molecule has 0 spiro atoms. The molecule has 2 heterocycles. The number of carbonyl (C=O) groups is 1. The van der Waals surface area contributed by atoms with Crippen LogP contribution in [0.5, 0.6) is 5.75 Å². The molecule has 3 rings (SSSR count). The molecule has 9 heteroatoms. The fourth-order valence-corrected chi connectivity index (χ4v) is 2.84. The van der Waals surface area contributed by atoms with Crippen molar-refractivity contribution in [1.29, 1.82) is 5.26 Å². The Morgan fingerprint density at radius 1 is 1.44 bits per heavy atom. The Kier molecular flexibility index (Phi) is 4.12. The predicted octanol–water partition coefficient (Wildman–Crippen LogP) is 2.81. The van der Waals surface area contributed by atoms with E-state index in [2.05, 4.69) is 0 Å². The summed E-state index contributed by atoms with van der Waals surface area (Å²) in [5, 5.41) is 20.9. The molecule has 0 unspecified atom stereocenters. The van der Waals surface area contributed by atoms with E-state index in [1.54, 1.807) is 6.08 Å². The number of esters is 1. The molecule has 1 aromatic carbocycles. The number of anilines is 1. The van der Waals surface area contributed by atoms with Crippen molar-refractivity contribution in [1.82, 2.24) is 4.57 Å². The number of aromatic nitrogens is 1. The van der Waals surface area contributed by atoms with Gasteiger partial charge in [-0.05, 0) is 26.0 Å². The first-order valence-electron chi connectivity index (χ1n) is 7.89. The third kappa shape index (κ3) is 2.97. The summed E-state index contributed by atoms with van der Waals surface area (Å²) < 4.78 is 11.7. The van der Waals surface area contributed by atoms with Crippen LogP contribution in [0.1, 0.15) is 35.5 Å². The molecule has 1 aliphatic heterocycles. The van der Waals surface area contributed by atoms with Gasteiger partial charge in [0.2, 0.25) is 0 Å². The van der Waals surface area contributed by atoms with Crippen LogP contribution in [-0.2, 0) is 4.74 Å². The second-order valence-electron chi connectivity index (χ2n) is 6.45. The van der Waals surface area contributed by atoms with Gasteiger partial charge in [-0.1, -0.05) is 6.08 Å². The van der Waals surface area contributed by atoms with Crippen LogP contribution in [-0.4, -0.2) is 28.2 Å². The zero-order valence-electron chi connectivity index (χ0n) is 14.8. The van der Waals surface area contributed by atoms with Gasteiger partial charge in [-0.25, -0.2) is 4.79 Å². The lowest BCUT2D eigenvalue weighted by Crippen LogP contribution is -2.27. The van der Waals surface area contributed by atoms with E-state index in [-0.39, 0.29) is 28.3 Å². The van der Waals surface area contributed by atoms with Crippen LogP contribution in [0, 0.1) is 21.4 Å². The van der Waals surface area contributed by atoms with Crippen molar-refractivity contribution in [3.8, 4) is 17.5 Å². The van der Waals surface area contributed by atoms with Crippen molar-refractivity contribution in [3.05, 3.63) is 51.3 Å². The highest BCUT2D eigenvalue weighted by Gasteiger charge is 2.30. The monoisotopic (exact) mass is 368 g/mol. The van der Waals surface area contributed by atoms with E-state index in [0.29, 0.717) is 11.3 Å². The van der Waals surface area contributed by atoms with Gasteiger partial charge in [-0.3, -0.25) is 10.1 Å². The molecular weight excluding hydrogens is 352 g/mol. The average molecular weight is 368 g/mol. The van der Waals surface area contributed by atoms with Crippen LogP contribution in [0.2, 0.25) is 0 Å². The highest BCUT2D eigenvalue weighted by molar-refractivity contribution is 5.96. The number of nitrogen functional groups attached to an aromatic ring is 1. The first-order valence-corrected chi connectivity index (χ1v) is 7.89. The summed E-state index contributed by atoms with van der Waals surface area (Å²) in [7, 11) is 1.16. The van der Waals surface area contributed by atoms with Gasteiger partial charge in [0.15, 0.2) is 5.69 Å². The summed E-state index contributed by atoms with van der Waals surface area (Å²) >= 11 is 0. The highest BCUT2D eigenvalue weighted by atomic mass is 16.6. The van der Waals surface area contributed by atoms with E-state index in [4.69, 9.17) is 15.2 Å². The minimum Gasteiger partial charge on any atom is -0.483 e.